The summed E-state index contributed by atoms with van der Waals surface area (Å²) in [6.07, 6.45) is -2.21. The number of aromatic nitrogens is 3. The number of hydrogen-bond acceptors (Lipinski definition) is 7. The van der Waals surface area contributed by atoms with Gasteiger partial charge >= 0.3 is 6.18 Å². The number of anilines is 3. The Morgan fingerprint density at radius 3 is 2.41 bits per heavy atom. The molecule has 158 valence electrons. The molecule has 0 saturated carbocycles. The highest BCUT2D eigenvalue weighted by molar-refractivity contribution is 7.88. The van der Waals surface area contributed by atoms with E-state index in [1.54, 1.807) is 0 Å². The topological polar surface area (TPSA) is 100 Å². The highest BCUT2D eigenvalue weighted by atomic mass is 35.5. The Morgan fingerprint density at radius 2 is 1.79 bits per heavy atom. The lowest BCUT2D eigenvalue weighted by Crippen LogP contribution is -2.42. The van der Waals surface area contributed by atoms with Crippen molar-refractivity contribution in [3.63, 3.8) is 0 Å². The fourth-order valence-electron chi connectivity index (χ4n) is 2.89. The van der Waals surface area contributed by atoms with E-state index in [0.717, 1.165) is 18.4 Å². The van der Waals surface area contributed by atoms with Crippen LogP contribution >= 0.6 is 11.6 Å². The monoisotopic (exact) mass is 450 g/mol. The molecular weight excluding hydrogens is 433 g/mol. The van der Waals surface area contributed by atoms with Crippen molar-refractivity contribution in [3.05, 3.63) is 35.1 Å². The van der Waals surface area contributed by atoms with Crippen LogP contribution in [0.3, 0.4) is 0 Å². The first-order valence-corrected chi connectivity index (χ1v) is 10.8. The molecule has 0 spiro atoms. The molecular formula is C16H18ClF3N6O2S. The number of benzene rings is 1. The Hall–Kier alpha value is -2.18. The number of nitrogens with one attached hydrogen (secondary N) is 2. The summed E-state index contributed by atoms with van der Waals surface area (Å²) in [5.74, 6) is 0.137. The third kappa shape index (κ3) is 5.90. The summed E-state index contributed by atoms with van der Waals surface area (Å²) >= 11 is 5.91. The molecule has 13 heteroatoms. The summed E-state index contributed by atoms with van der Waals surface area (Å²) in [5, 5.41) is 5.62. The molecule has 3 rings (SSSR count). The molecule has 2 heterocycles. The maximum Gasteiger partial charge on any atom is 0.416 e. The SMILES string of the molecule is CS(=O)(=O)N1CCC(Nc2nc(Cl)nc(Nc3cccc(C(F)(F)F)c3)n2)CC1. The number of sulfonamides is 1. The van der Waals surface area contributed by atoms with Gasteiger partial charge in [-0.05, 0) is 42.6 Å². The Bertz CT molecular complexity index is 981. The first-order chi connectivity index (χ1) is 13.5. The minimum Gasteiger partial charge on any atom is -0.351 e. The predicted octanol–water partition coefficient (Wildman–Crippen LogP) is 3.12. The second-order valence-corrected chi connectivity index (χ2v) is 8.86. The van der Waals surface area contributed by atoms with Gasteiger partial charge in [-0.1, -0.05) is 6.07 Å². The number of rotatable bonds is 5. The first-order valence-electron chi connectivity index (χ1n) is 8.58. The summed E-state index contributed by atoms with van der Waals surface area (Å²) in [6, 6.07) is 4.53. The zero-order valence-corrected chi connectivity index (χ0v) is 16.8. The van der Waals surface area contributed by atoms with Gasteiger partial charge in [-0.25, -0.2) is 12.7 Å². The van der Waals surface area contributed by atoms with Crippen LogP contribution in [0, 0.1) is 0 Å². The van der Waals surface area contributed by atoms with Crippen LogP contribution in [0.4, 0.5) is 30.8 Å². The molecule has 8 nitrogen and oxygen atoms in total. The van der Waals surface area contributed by atoms with Gasteiger partial charge in [0.15, 0.2) is 0 Å². The lowest BCUT2D eigenvalue weighted by Gasteiger charge is -2.30. The third-order valence-electron chi connectivity index (χ3n) is 4.31. The molecule has 0 atom stereocenters. The average molecular weight is 451 g/mol. The predicted molar refractivity (Wildman–Crippen MR) is 103 cm³/mol. The molecule has 1 saturated heterocycles. The fraction of sp³-hybridized carbons (Fsp3) is 0.438. The van der Waals surface area contributed by atoms with Crippen molar-refractivity contribution >= 4 is 39.2 Å². The van der Waals surface area contributed by atoms with Crippen molar-refractivity contribution in [2.45, 2.75) is 25.1 Å². The van der Waals surface area contributed by atoms with Gasteiger partial charge in [0.05, 0.1) is 11.8 Å². The second kappa shape index (κ2) is 8.28. The molecule has 1 aromatic heterocycles. The van der Waals surface area contributed by atoms with Crippen molar-refractivity contribution in [3.8, 4) is 0 Å². The quantitative estimate of drug-likeness (QED) is 0.721. The van der Waals surface area contributed by atoms with E-state index in [-0.39, 0.29) is 28.9 Å². The van der Waals surface area contributed by atoms with Crippen molar-refractivity contribution in [2.75, 3.05) is 30.0 Å². The van der Waals surface area contributed by atoms with E-state index in [2.05, 4.69) is 25.6 Å². The Labute approximate surface area is 170 Å². The highest BCUT2D eigenvalue weighted by Crippen LogP contribution is 2.31. The molecule has 29 heavy (non-hydrogen) atoms. The number of nitrogens with zero attached hydrogens (tertiary/aromatic N) is 4. The van der Waals surface area contributed by atoms with Gasteiger partial charge in [0, 0.05) is 24.8 Å². The van der Waals surface area contributed by atoms with E-state index in [1.807, 2.05) is 0 Å². The van der Waals surface area contributed by atoms with E-state index in [4.69, 9.17) is 11.6 Å². The Morgan fingerprint density at radius 1 is 1.14 bits per heavy atom. The number of piperidine rings is 1. The van der Waals surface area contributed by atoms with Crippen LogP contribution in [-0.2, 0) is 16.2 Å². The zero-order chi connectivity index (χ0) is 21.2. The van der Waals surface area contributed by atoms with Crippen LogP contribution in [0.15, 0.2) is 24.3 Å². The normalized spacial score (nSPS) is 16.6. The summed E-state index contributed by atoms with van der Waals surface area (Å²) in [6.45, 7) is 0.731. The van der Waals surface area contributed by atoms with E-state index in [0.29, 0.717) is 25.9 Å². The Balaban J connectivity index is 1.69. The number of alkyl halides is 3. The minimum atomic E-state index is -4.47. The van der Waals surface area contributed by atoms with Gasteiger partial charge in [0.1, 0.15) is 0 Å². The molecule has 1 fully saturated rings. The average Bonchev–Trinajstić information content (AvgIpc) is 2.60. The Kier molecular flexibility index (Phi) is 6.15. The maximum absolute atomic E-state index is 12.9. The lowest BCUT2D eigenvalue weighted by atomic mass is 10.1. The van der Waals surface area contributed by atoms with E-state index in [9.17, 15) is 21.6 Å². The largest absolute Gasteiger partial charge is 0.416 e. The van der Waals surface area contributed by atoms with Crippen LogP contribution in [-0.4, -0.2) is 53.1 Å². The van der Waals surface area contributed by atoms with Gasteiger partial charge in [-0.15, -0.1) is 0 Å². The molecule has 0 unspecified atom stereocenters. The highest BCUT2D eigenvalue weighted by Gasteiger charge is 2.30. The van der Waals surface area contributed by atoms with Gasteiger partial charge in [0.25, 0.3) is 0 Å². The van der Waals surface area contributed by atoms with Crippen LogP contribution in [0.25, 0.3) is 0 Å². The van der Waals surface area contributed by atoms with Crippen molar-refractivity contribution in [2.24, 2.45) is 0 Å². The molecule has 2 aromatic rings. The fourth-order valence-corrected chi connectivity index (χ4v) is 3.92. The van der Waals surface area contributed by atoms with Gasteiger partial charge in [-0.3, -0.25) is 0 Å². The van der Waals surface area contributed by atoms with Crippen molar-refractivity contribution in [1.82, 2.24) is 19.3 Å². The first kappa shape index (κ1) is 21.5. The van der Waals surface area contributed by atoms with Crippen molar-refractivity contribution < 1.29 is 21.6 Å². The van der Waals surface area contributed by atoms with Gasteiger partial charge in [-0.2, -0.15) is 28.1 Å². The lowest BCUT2D eigenvalue weighted by molar-refractivity contribution is -0.137. The molecule has 1 aromatic carbocycles. The summed E-state index contributed by atoms with van der Waals surface area (Å²) in [7, 11) is -3.23. The zero-order valence-electron chi connectivity index (χ0n) is 15.2. The standard InChI is InChI=1S/C16H18ClF3N6O2S/c1-29(27,28)26-7-5-11(6-8-26)21-14-23-13(17)24-15(25-14)22-12-4-2-3-10(9-12)16(18,19)20/h2-4,9,11H,5-8H2,1H3,(H2,21,22,23,24,25). The van der Waals surface area contributed by atoms with E-state index < -0.39 is 21.8 Å². The number of halogens is 4. The van der Waals surface area contributed by atoms with Gasteiger partial charge in [0.2, 0.25) is 27.2 Å². The molecule has 0 radical (unpaired) electrons. The smallest absolute Gasteiger partial charge is 0.351 e. The minimum absolute atomic E-state index is 0.0135. The molecule has 0 bridgehead atoms. The van der Waals surface area contributed by atoms with Crippen molar-refractivity contribution in [1.29, 1.82) is 0 Å². The summed E-state index contributed by atoms with van der Waals surface area (Å²) < 4.78 is 63.1. The summed E-state index contributed by atoms with van der Waals surface area (Å²) in [5.41, 5.74) is -0.659. The van der Waals surface area contributed by atoms with Crippen LogP contribution in [0.5, 0.6) is 0 Å². The molecule has 1 aliphatic heterocycles. The van der Waals surface area contributed by atoms with Crippen LogP contribution < -0.4 is 10.6 Å². The molecule has 1 aliphatic rings. The number of hydrogen-bond donors (Lipinski definition) is 2. The molecule has 2 N–H and O–H groups in total. The van der Waals surface area contributed by atoms with Crippen LogP contribution in [0.1, 0.15) is 18.4 Å². The molecule has 0 amide bonds. The van der Waals surface area contributed by atoms with Gasteiger partial charge < -0.3 is 10.6 Å². The summed E-state index contributed by atoms with van der Waals surface area (Å²) in [4.78, 5) is 12.0. The third-order valence-corrected chi connectivity index (χ3v) is 5.78. The maximum atomic E-state index is 12.9. The van der Waals surface area contributed by atoms with Crippen LogP contribution in [0.2, 0.25) is 5.28 Å². The molecule has 0 aliphatic carbocycles. The van der Waals surface area contributed by atoms with E-state index >= 15 is 0 Å². The second-order valence-electron chi connectivity index (χ2n) is 6.54. The van der Waals surface area contributed by atoms with E-state index in [1.165, 1.54) is 16.4 Å².